The summed E-state index contributed by atoms with van der Waals surface area (Å²) >= 11 is 4.46. The fraction of sp³-hybridized carbons (Fsp3) is 0.280. The van der Waals surface area contributed by atoms with Crippen molar-refractivity contribution in [3.8, 4) is 5.88 Å². The number of carbonyl (C=O) groups is 1. The molecule has 0 saturated carbocycles. The summed E-state index contributed by atoms with van der Waals surface area (Å²) in [5, 5.41) is 13.7. The van der Waals surface area contributed by atoms with E-state index in [2.05, 4.69) is 26.2 Å². The van der Waals surface area contributed by atoms with Gasteiger partial charge in [0.15, 0.2) is 0 Å². The van der Waals surface area contributed by atoms with Gasteiger partial charge in [0.2, 0.25) is 11.8 Å². The first-order chi connectivity index (χ1) is 16.5. The third kappa shape index (κ3) is 5.94. The zero-order chi connectivity index (χ0) is 25.9. The molecule has 8 nitrogen and oxygen atoms in total. The summed E-state index contributed by atoms with van der Waals surface area (Å²) < 4.78 is 2.80. The summed E-state index contributed by atoms with van der Waals surface area (Å²) in [6.45, 7) is 5.85. The molecule has 1 amide bonds. The molecule has 0 aliphatic heterocycles. The fourth-order valence-corrected chi connectivity index (χ4v) is 5.04. The lowest BCUT2D eigenvalue weighted by molar-refractivity contribution is -0.113. The van der Waals surface area contributed by atoms with E-state index in [0.717, 1.165) is 48.5 Å². The lowest BCUT2D eigenvalue weighted by Crippen LogP contribution is -2.39. The minimum Gasteiger partial charge on any atom is -0.494 e. The fourth-order valence-electron chi connectivity index (χ4n) is 3.52. The summed E-state index contributed by atoms with van der Waals surface area (Å²) in [5.74, 6) is -0.861. The van der Waals surface area contributed by atoms with Crippen molar-refractivity contribution in [2.24, 2.45) is 19.1 Å². The third-order valence-electron chi connectivity index (χ3n) is 5.52. The highest BCUT2D eigenvalue weighted by molar-refractivity contribution is 9.10. The maximum Gasteiger partial charge on any atom is 0.333 e. The number of aliphatic imine (C=N–C) groups is 1. The second-order valence-corrected chi connectivity index (χ2v) is 9.97. The van der Waals surface area contributed by atoms with Crippen LogP contribution in [0.3, 0.4) is 0 Å². The van der Waals surface area contributed by atoms with Crippen molar-refractivity contribution >= 4 is 50.0 Å². The van der Waals surface area contributed by atoms with Crippen LogP contribution >= 0.6 is 27.7 Å². The van der Waals surface area contributed by atoms with E-state index in [1.54, 1.807) is 12.1 Å². The maximum absolute atomic E-state index is 12.9. The van der Waals surface area contributed by atoms with Crippen molar-refractivity contribution < 1.29 is 9.90 Å². The zero-order valence-corrected chi connectivity index (χ0v) is 22.6. The van der Waals surface area contributed by atoms with Gasteiger partial charge in [-0.05, 0) is 61.2 Å². The Labute approximate surface area is 215 Å². The molecule has 0 aliphatic carbocycles. The summed E-state index contributed by atoms with van der Waals surface area (Å²) in [4.78, 5) is 42.6. The van der Waals surface area contributed by atoms with E-state index in [1.165, 1.54) is 14.1 Å². The van der Waals surface area contributed by atoms with Crippen molar-refractivity contribution in [1.29, 1.82) is 0 Å². The van der Waals surface area contributed by atoms with Crippen LogP contribution in [0.5, 0.6) is 5.88 Å². The van der Waals surface area contributed by atoms with E-state index >= 15 is 0 Å². The minimum absolute atomic E-state index is 0.0632. The van der Waals surface area contributed by atoms with Crippen molar-refractivity contribution in [2.75, 3.05) is 11.1 Å². The van der Waals surface area contributed by atoms with Crippen molar-refractivity contribution in [1.82, 2.24) is 9.13 Å². The van der Waals surface area contributed by atoms with Crippen LogP contribution < -0.4 is 16.6 Å². The Morgan fingerprint density at radius 1 is 1.09 bits per heavy atom. The molecule has 184 valence electrons. The summed E-state index contributed by atoms with van der Waals surface area (Å²) in [5.41, 5.74) is 2.72. The summed E-state index contributed by atoms with van der Waals surface area (Å²) in [6, 6.07) is 11.3. The van der Waals surface area contributed by atoms with Crippen LogP contribution in [0.25, 0.3) is 0 Å². The number of nitrogens with zero attached hydrogens (tertiary/aromatic N) is 3. The van der Waals surface area contributed by atoms with Gasteiger partial charge in [0.1, 0.15) is 10.6 Å². The number of aromatic hydroxyl groups is 1. The molecule has 3 rings (SSSR count). The Bertz CT molecular complexity index is 1400. The zero-order valence-electron chi connectivity index (χ0n) is 20.2. The summed E-state index contributed by atoms with van der Waals surface area (Å²) in [7, 11) is 2.70. The number of hydrogen-bond acceptors (Lipinski definition) is 6. The van der Waals surface area contributed by atoms with Gasteiger partial charge in [-0.2, -0.15) is 0 Å². The molecule has 0 unspecified atom stereocenters. The second-order valence-electron chi connectivity index (χ2n) is 8.09. The van der Waals surface area contributed by atoms with Crippen LogP contribution in [0, 0.1) is 13.8 Å². The first-order valence-corrected chi connectivity index (χ1v) is 12.7. The standard InChI is InChI=1S/C25H27BrN4O4S/c1-6-16-7-9-18(10-8-16)27-22(20-23(32)29(4)25(34)30(5)24(20)33)35-13-19(31)28-21-14(2)11-17(26)12-15(21)3/h7-12,32H,6,13H2,1-5H3,(H,28,31). The molecular weight excluding hydrogens is 532 g/mol. The molecule has 0 fully saturated rings. The number of aryl methyl sites for hydroxylation is 3. The molecule has 0 radical (unpaired) electrons. The molecule has 2 N–H and O–H groups in total. The normalized spacial score (nSPS) is 11.5. The van der Waals surface area contributed by atoms with E-state index in [0.29, 0.717) is 11.4 Å². The first kappa shape index (κ1) is 26.5. The van der Waals surface area contributed by atoms with Gasteiger partial charge < -0.3 is 10.4 Å². The molecule has 0 spiro atoms. The Morgan fingerprint density at radius 3 is 2.26 bits per heavy atom. The number of rotatable bonds is 6. The monoisotopic (exact) mass is 558 g/mol. The molecular formula is C25H27BrN4O4S. The Kier molecular flexibility index (Phi) is 8.39. The van der Waals surface area contributed by atoms with Gasteiger partial charge in [-0.25, -0.2) is 9.79 Å². The van der Waals surface area contributed by atoms with Crippen LogP contribution in [-0.4, -0.2) is 30.9 Å². The molecule has 0 atom stereocenters. The molecule has 0 bridgehead atoms. The van der Waals surface area contributed by atoms with Gasteiger partial charge >= 0.3 is 5.69 Å². The Balaban J connectivity index is 1.99. The lowest BCUT2D eigenvalue weighted by Gasteiger charge is -2.14. The van der Waals surface area contributed by atoms with E-state index < -0.39 is 17.1 Å². The molecule has 1 aromatic heterocycles. The highest BCUT2D eigenvalue weighted by Gasteiger charge is 2.22. The predicted molar refractivity (Wildman–Crippen MR) is 145 cm³/mol. The SMILES string of the molecule is CCc1ccc(N=C(SCC(=O)Nc2c(C)cc(Br)cc2C)c2c(O)n(C)c(=O)n(C)c2=O)cc1. The van der Waals surface area contributed by atoms with Gasteiger partial charge in [-0.1, -0.05) is 46.7 Å². The number of benzene rings is 2. The van der Waals surface area contributed by atoms with Gasteiger partial charge in [0.25, 0.3) is 5.56 Å². The third-order valence-corrected chi connectivity index (χ3v) is 6.96. The highest BCUT2D eigenvalue weighted by atomic mass is 79.9. The van der Waals surface area contributed by atoms with Crippen LogP contribution in [0.1, 0.15) is 29.2 Å². The highest BCUT2D eigenvalue weighted by Crippen LogP contribution is 2.27. The topological polar surface area (TPSA) is 106 Å². The van der Waals surface area contributed by atoms with Crippen LogP contribution in [0.2, 0.25) is 0 Å². The van der Waals surface area contributed by atoms with Gasteiger partial charge in [0, 0.05) is 24.3 Å². The molecule has 2 aromatic carbocycles. The number of thioether (sulfide) groups is 1. The van der Waals surface area contributed by atoms with Crippen molar-refractivity contribution in [3.05, 3.63) is 84.0 Å². The van der Waals surface area contributed by atoms with E-state index in [1.807, 2.05) is 45.0 Å². The Morgan fingerprint density at radius 2 is 1.69 bits per heavy atom. The summed E-state index contributed by atoms with van der Waals surface area (Å²) in [6.07, 6.45) is 0.864. The van der Waals surface area contributed by atoms with Crippen molar-refractivity contribution in [3.63, 3.8) is 0 Å². The van der Waals surface area contributed by atoms with Gasteiger partial charge in [0.05, 0.1) is 11.4 Å². The van der Waals surface area contributed by atoms with Gasteiger partial charge in [-0.3, -0.25) is 18.7 Å². The van der Waals surface area contributed by atoms with Crippen LogP contribution in [0.15, 0.2) is 55.5 Å². The maximum atomic E-state index is 12.9. The number of amides is 1. The van der Waals surface area contributed by atoms with Crippen LogP contribution in [0.4, 0.5) is 11.4 Å². The number of hydrogen-bond donors (Lipinski definition) is 2. The smallest absolute Gasteiger partial charge is 0.333 e. The molecule has 35 heavy (non-hydrogen) atoms. The second kappa shape index (κ2) is 11.1. The number of nitrogens with one attached hydrogen (secondary N) is 1. The molecule has 3 aromatic rings. The van der Waals surface area contributed by atoms with Crippen molar-refractivity contribution in [2.45, 2.75) is 27.2 Å². The first-order valence-electron chi connectivity index (χ1n) is 10.9. The number of carbonyl (C=O) groups excluding carboxylic acids is 1. The number of halogens is 1. The molecule has 0 saturated heterocycles. The quantitative estimate of drug-likeness (QED) is 0.348. The lowest BCUT2D eigenvalue weighted by atomic mass is 10.1. The average molecular weight is 559 g/mol. The molecule has 1 heterocycles. The average Bonchev–Trinajstić information content (AvgIpc) is 2.82. The molecule has 10 heteroatoms. The number of aromatic nitrogens is 2. The Hall–Kier alpha value is -3.11. The van der Waals surface area contributed by atoms with E-state index in [-0.39, 0.29) is 22.3 Å². The largest absolute Gasteiger partial charge is 0.494 e. The number of anilines is 1. The predicted octanol–water partition coefficient (Wildman–Crippen LogP) is 4.18. The van der Waals surface area contributed by atoms with Gasteiger partial charge in [-0.15, -0.1) is 0 Å². The minimum atomic E-state index is -0.693. The van der Waals surface area contributed by atoms with E-state index in [9.17, 15) is 19.5 Å². The molecule has 0 aliphatic rings. The van der Waals surface area contributed by atoms with Crippen LogP contribution in [-0.2, 0) is 25.3 Å². The van der Waals surface area contributed by atoms with E-state index in [4.69, 9.17) is 0 Å².